The van der Waals surface area contributed by atoms with Crippen LogP contribution in [0.3, 0.4) is 0 Å². The highest BCUT2D eigenvalue weighted by atomic mass is 16.6. The van der Waals surface area contributed by atoms with Crippen LogP contribution in [0.4, 0.5) is 5.69 Å². The van der Waals surface area contributed by atoms with Crippen LogP contribution in [-0.2, 0) is 13.7 Å². The second kappa shape index (κ2) is 4.53. The van der Waals surface area contributed by atoms with Crippen molar-refractivity contribution in [3.63, 3.8) is 0 Å². The van der Waals surface area contributed by atoms with Gasteiger partial charge in [0.25, 0.3) is 5.69 Å². The number of rotatable bonds is 3. The Hall–Kier alpha value is -2.28. The molecule has 0 bridgehead atoms. The molecule has 0 aliphatic heterocycles. The van der Waals surface area contributed by atoms with E-state index in [1.807, 2.05) is 0 Å². The van der Waals surface area contributed by atoms with Gasteiger partial charge in [0.1, 0.15) is 6.61 Å². The van der Waals surface area contributed by atoms with Crippen molar-refractivity contribution in [2.45, 2.75) is 13.5 Å². The van der Waals surface area contributed by atoms with Gasteiger partial charge >= 0.3 is 0 Å². The van der Waals surface area contributed by atoms with Crippen molar-refractivity contribution in [1.29, 1.82) is 0 Å². The van der Waals surface area contributed by atoms with E-state index in [0.29, 0.717) is 22.8 Å². The van der Waals surface area contributed by atoms with Crippen molar-refractivity contribution >= 4 is 5.69 Å². The lowest BCUT2D eigenvalue weighted by Crippen LogP contribution is -2.01. The van der Waals surface area contributed by atoms with Crippen LogP contribution in [0.1, 0.15) is 11.4 Å². The van der Waals surface area contributed by atoms with Gasteiger partial charge in [0.15, 0.2) is 11.6 Å². The molecule has 1 aromatic carbocycles. The van der Waals surface area contributed by atoms with E-state index in [2.05, 4.69) is 10.2 Å². The predicted octanol–water partition coefficient (Wildman–Crippen LogP) is 1.19. The van der Waals surface area contributed by atoms with E-state index in [1.165, 1.54) is 6.07 Å². The Bertz CT molecular complexity index is 606. The molecule has 18 heavy (non-hydrogen) atoms. The van der Waals surface area contributed by atoms with Crippen LogP contribution in [0.5, 0.6) is 0 Å². The SMILES string of the molecule is Cc1c(-c2nnc(CO)n2C)cccc1[N+](=O)[O-]. The molecule has 0 spiro atoms. The van der Waals surface area contributed by atoms with Crippen molar-refractivity contribution in [3.8, 4) is 11.4 Å². The van der Waals surface area contributed by atoms with Crippen LogP contribution < -0.4 is 0 Å². The second-order valence-electron chi connectivity index (χ2n) is 3.86. The van der Waals surface area contributed by atoms with E-state index in [1.54, 1.807) is 30.7 Å². The monoisotopic (exact) mass is 248 g/mol. The first-order valence-electron chi connectivity index (χ1n) is 5.29. The fourth-order valence-corrected chi connectivity index (χ4v) is 1.80. The molecule has 0 saturated carbocycles. The smallest absolute Gasteiger partial charge is 0.273 e. The first-order chi connectivity index (χ1) is 8.56. The summed E-state index contributed by atoms with van der Waals surface area (Å²) in [5.41, 5.74) is 1.21. The van der Waals surface area contributed by atoms with Crippen LogP contribution in [-0.4, -0.2) is 24.8 Å². The van der Waals surface area contributed by atoms with Crippen LogP contribution in [0, 0.1) is 17.0 Å². The third-order valence-corrected chi connectivity index (χ3v) is 2.85. The highest BCUT2D eigenvalue weighted by molar-refractivity contribution is 5.65. The van der Waals surface area contributed by atoms with Crippen molar-refractivity contribution in [2.75, 3.05) is 0 Å². The standard InChI is InChI=1S/C11H12N4O3/c1-7-8(4-3-5-9(7)15(17)18)11-13-12-10(6-16)14(11)2/h3-5,16H,6H2,1-2H3. The lowest BCUT2D eigenvalue weighted by molar-refractivity contribution is -0.385. The van der Waals surface area contributed by atoms with Gasteiger partial charge < -0.3 is 9.67 Å². The largest absolute Gasteiger partial charge is 0.388 e. The number of hydrogen-bond acceptors (Lipinski definition) is 5. The molecular weight excluding hydrogens is 236 g/mol. The number of hydrogen-bond donors (Lipinski definition) is 1. The number of nitro groups is 1. The number of aliphatic hydroxyl groups is 1. The molecule has 0 atom stereocenters. The molecule has 0 aliphatic rings. The fourth-order valence-electron chi connectivity index (χ4n) is 1.80. The van der Waals surface area contributed by atoms with Gasteiger partial charge in [-0.3, -0.25) is 10.1 Å². The first kappa shape index (κ1) is 12.2. The Kier molecular flexibility index (Phi) is 3.07. The van der Waals surface area contributed by atoms with E-state index >= 15 is 0 Å². The normalized spacial score (nSPS) is 10.6. The molecule has 0 unspecified atom stereocenters. The zero-order chi connectivity index (χ0) is 13.3. The van der Waals surface area contributed by atoms with E-state index in [-0.39, 0.29) is 12.3 Å². The maximum atomic E-state index is 10.9. The Labute approximate surface area is 103 Å². The number of nitro benzene ring substituents is 1. The molecule has 1 heterocycles. The summed E-state index contributed by atoms with van der Waals surface area (Å²) >= 11 is 0. The molecule has 0 radical (unpaired) electrons. The van der Waals surface area contributed by atoms with Gasteiger partial charge in [0.2, 0.25) is 0 Å². The summed E-state index contributed by atoms with van der Waals surface area (Å²) in [6.07, 6.45) is 0. The van der Waals surface area contributed by atoms with E-state index in [4.69, 9.17) is 5.11 Å². The molecule has 2 aromatic rings. The summed E-state index contributed by atoms with van der Waals surface area (Å²) in [5, 5.41) is 27.7. The second-order valence-corrected chi connectivity index (χ2v) is 3.86. The molecule has 94 valence electrons. The van der Waals surface area contributed by atoms with Crippen molar-refractivity contribution in [2.24, 2.45) is 7.05 Å². The summed E-state index contributed by atoms with van der Waals surface area (Å²) in [6, 6.07) is 4.80. The summed E-state index contributed by atoms with van der Waals surface area (Å²) in [6.45, 7) is 1.44. The van der Waals surface area contributed by atoms with Gasteiger partial charge in [-0.1, -0.05) is 12.1 Å². The van der Waals surface area contributed by atoms with Crippen molar-refractivity contribution in [1.82, 2.24) is 14.8 Å². The maximum Gasteiger partial charge on any atom is 0.273 e. The number of aromatic nitrogens is 3. The van der Waals surface area contributed by atoms with Gasteiger partial charge in [0.05, 0.1) is 4.92 Å². The van der Waals surface area contributed by atoms with Crippen LogP contribution >= 0.6 is 0 Å². The molecule has 0 amide bonds. The molecule has 7 heteroatoms. The highest BCUT2D eigenvalue weighted by Gasteiger charge is 2.18. The lowest BCUT2D eigenvalue weighted by atomic mass is 10.1. The Morgan fingerprint density at radius 3 is 2.72 bits per heavy atom. The zero-order valence-electron chi connectivity index (χ0n) is 9.99. The van der Waals surface area contributed by atoms with Gasteiger partial charge in [-0.25, -0.2) is 0 Å². The minimum absolute atomic E-state index is 0.0426. The fraction of sp³-hybridized carbons (Fsp3) is 0.273. The van der Waals surface area contributed by atoms with Gasteiger partial charge in [-0.2, -0.15) is 0 Å². The van der Waals surface area contributed by atoms with Crippen molar-refractivity contribution < 1.29 is 10.0 Å². The quantitative estimate of drug-likeness (QED) is 0.650. The third kappa shape index (κ3) is 1.84. The van der Waals surface area contributed by atoms with Gasteiger partial charge in [-0.05, 0) is 6.92 Å². The van der Waals surface area contributed by atoms with Gasteiger partial charge in [-0.15, -0.1) is 10.2 Å². The van der Waals surface area contributed by atoms with Crippen molar-refractivity contribution in [3.05, 3.63) is 39.7 Å². The first-order valence-corrected chi connectivity index (χ1v) is 5.29. The van der Waals surface area contributed by atoms with E-state index in [0.717, 1.165) is 0 Å². The van der Waals surface area contributed by atoms with Crippen LogP contribution in [0.2, 0.25) is 0 Å². The topological polar surface area (TPSA) is 94.1 Å². The summed E-state index contributed by atoms with van der Waals surface area (Å²) < 4.78 is 1.62. The van der Waals surface area contributed by atoms with E-state index < -0.39 is 4.92 Å². The van der Waals surface area contributed by atoms with Crippen LogP contribution in [0.15, 0.2) is 18.2 Å². The number of benzene rings is 1. The van der Waals surface area contributed by atoms with Gasteiger partial charge in [0, 0.05) is 24.2 Å². The molecular formula is C11H12N4O3. The molecule has 1 aromatic heterocycles. The molecule has 0 saturated heterocycles. The Morgan fingerprint density at radius 1 is 1.44 bits per heavy atom. The van der Waals surface area contributed by atoms with Crippen LogP contribution in [0.25, 0.3) is 11.4 Å². The average molecular weight is 248 g/mol. The average Bonchev–Trinajstić information content (AvgIpc) is 2.70. The summed E-state index contributed by atoms with van der Waals surface area (Å²) in [7, 11) is 1.71. The van der Waals surface area contributed by atoms with E-state index in [9.17, 15) is 10.1 Å². The number of nitrogens with zero attached hydrogens (tertiary/aromatic N) is 4. The Balaban J connectivity index is 2.61. The molecule has 0 fully saturated rings. The minimum Gasteiger partial charge on any atom is -0.388 e. The number of aliphatic hydroxyl groups excluding tert-OH is 1. The molecule has 0 aliphatic carbocycles. The minimum atomic E-state index is -0.428. The molecule has 1 N–H and O–H groups in total. The molecule has 7 nitrogen and oxygen atoms in total. The lowest BCUT2D eigenvalue weighted by Gasteiger charge is -2.06. The maximum absolute atomic E-state index is 10.9. The Morgan fingerprint density at radius 2 is 2.17 bits per heavy atom. The summed E-state index contributed by atoms with van der Waals surface area (Å²) in [4.78, 5) is 10.4. The highest BCUT2D eigenvalue weighted by Crippen LogP contribution is 2.28. The zero-order valence-corrected chi connectivity index (χ0v) is 9.99. The molecule has 2 rings (SSSR count). The third-order valence-electron chi connectivity index (χ3n) is 2.85. The predicted molar refractivity (Wildman–Crippen MR) is 63.8 cm³/mol. The summed E-state index contributed by atoms with van der Waals surface area (Å²) in [5.74, 6) is 0.913.